The normalized spacial score (nSPS) is 18.6. The lowest BCUT2D eigenvalue weighted by atomic mass is 10.0. The molecule has 0 spiro atoms. The molecule has 0 fully saturated rings. The van der Waals surface area contributed by atoms with Crippen molar-refractivity contribution in [2.75, 3.05) is 0 Å². The summed E-state index contributed by atoms with van der Waals surface area (Å²) in [7, 11) is 0. The summed E-state index contributed by atoms with van der Waals surface area (Å²) < 4.78 is 5.81. The van der Waals surface area contributed by atoms with Crippen molar-refractivity contribution in [2.24, 2.45) is 16.8 Å². The molecule has 1 amide bonds. The van der Waals surface area contributed by atoms with Crippen LogP contribution in [0.4, 0.5) is 0 Å². The van der Waals surface area contributed by atoms with Gasteiger partial charge in [-0.25, -0.2) is 5.43 Å². The Morgan fingerprint density at radius 3 is 2.91 bits per heavy atom. The van der Waals surface area contributed by atoms with Gasteiger partial charge in [-0.3, -0.25) is 4.79 Å². The van der Waals surface area contributed by atoms with Gasteiger partial charge < -0.3 is 10.5 Å². The van der Waals surface area contributed by atoms with E-state index in [1.54, 1.807) is 6.21 Å². The number of ether oxygens (including phenoxy) is 1. The molecule has 1 aliphatic rings. The Morgan fingerprint density at radius 2 is 2.18 bits per heavy atom. The zero-order valence-electron chi connectivity index (χ0n) is 13.2. The quantitative estimate of drug-likeness (QED) is 0.647. The van der Waals surface area contributed by atoms with Crippen molar-refractivity contribution in [3.05, 3.63) is 35.4 Å². The molecule has 2 rings (SSSR count). The molecule has 22 heavy (non-hydrogen) atoms. The first-order chi connectivity index (χ1) is 10.5. The molecule has 0 saturated heterocycles. The first-order valence-electron chi connectivity index (χ1n) is 7.53. The molecule has 1 heterocycles. The van der Waals surface area contributed by atoms with Gasteiger partial charge in [-0.2, -0.15) is 5.10 Å². The van der Waals surface area contributed by atoms with Gasteiger partial charge in [0, 0.05) is 11.1 Å². The van der Waals surface area contributed by atoms with Gasteiger partial charge in [0.25, 0.3) is 5.91 Å². The van der Waals surface area contributed by atoms with E-state index in [1.807, 2.05) is 51.1 Å². The summed E-state index contributed by atoms with van der Waals surface area (Å²) in [5.74, 6) is 0.959. The molecule has 2 unspecified atom stereocenters. The second kappa shape index (κ2) is 7.22. The number of carbonyl (C=O) groups is 1. The molecule has 3 N–H and O–H groups in total. The summed E-state index contributed by atoms with van der Waals surface area (Å²) in [6, 6.07) is 7.27. The number of hydrogen-bond donors (Lipinski definition) is 2. The zero-order valence-corrected chi connectivity index (χ0v) is 13.2. The fraction of sp³-hybridized carbons (Fsp3) is 0.412. The Bertz CT molecular complexity index is 593. The summed E-state index contributed by atoms with van der Waals surface area (Å²) in [5, 5.41) is 3.99. The van der Waals surface area contributed by atoms with E-state index >= 15 is 0 Å². The molecule has 0 aromatic heterocycles. The Balaban J connectivity index is 1.98. The predicted octanol–water partition coefficient (Wildman–Crippen LogP) is 2.33. The lowest BCUT2D eigenvalue weighted by Gasteiger charge is -2.22. The van der Waals surface area contributed by atoms with Crippen LogP contribution in [0.15, 0.2) is 34.9 Å². The van der Waals surface area contributed by atoms with Gasteiger partial charge in [0.2, 0.25) is 0 Å². The van der Waals surface area contributed by atoms with Crippen molar-refractivity contribution >= 4 is 18.2 Å². The van der Waals surface area contributed by atoms with Crippen LogP contribution >= 0.6 is 0 Å². The van der Waals surface area contributed by atoms with Crippen LogP contribution < -0.4 is 15.9 Å². The van der Waals surface area contributed by atoms with Crippen LogP contribution in [0.2, 0.25) is 0 Å². The summed E-state index contributed by atoms with van der Waals surface area (Å²) in [6.07, 6.45) is 4.14. The Kier molecular flexibility index (Phi) is 5.33. The molecule has 0 bridgehead atoms. The van der Waals surface area contributed by atoms with Gasteiger partial charge in [0.05, 0.1) is 12.3 Å². The second-order valence-electron chi connectivity index (χ2n) is 5.91. The molecule has 5 nitrogen and oxygen atoms in total. The SMILES string of the molecule is CC(C)CC(N)C(=O)NN=CC1=Cc2ccccc2OC1C. The molecule has 118 valence electrons. The summed E-state index contributed by atoms with van der Waals surface area (Å²) in [6.45, 7) is 6.00. The van der Waals surface area contributed by atoms with Gasteiger partial charge >= 0.3 is 0 Å². The number of amides is 1. The number of carbonyl (C=O) groups excluding carboxylic acids is 1. The molecular weight excluding hydrogens is 278 g/mol. The number of rotatable bonds is 5. The van der Waals surface area contributed by atoms with Crippen molar-refractivity contribution in [3.63, 3.8) is 0 Å². The Morgan fingerprint density at radius 1 is 1.45 bits per heavy atom. The number of para-hydroxylation sites is 1. The number of hydrogen-bond acceptors (Lipinski definition) is 4. The summed E-state index contributed by atoms with van der Waals surface area (Å²) >= 11 is 0. The summed E-state index contributed by atoms with van der Waals surface area (Å²) in [4.78, 5) is 11.8. The van der Waals surface area contributed by atoms with Crippen LogP contribution in [0.3, 0.4) is 0 Å². The van der Waals surface area contributed by atoms with Crippen molar-refractivity contribution in [3.8, 4) is 5.75 Å². The van der Waals surface area contributed by atoms with Crippen molar-refractivity contribution < 1.29 is 9.53 Å². The van der Waals surface area contributed by atoms with E-state index in [9.17, 15) is 4.79 Å². The molecule has 0 aliphatic carbocycles. The van der Waals surface area contributed by atoms with Gasteiger partial charge in [-0.1, -0.05) is 32.0 Å². The standard InChI is InChI=1S/C17H23N3O2/c1-11(2)8-15(18)17(21)20-19-10-14-9-13-6-4-5-7-16(13)22-12(14)3/h4-7,9-12,15H,8,18H2,1-3H3,(H,20,21). The van der Waals surface area contributed by atoms with Crippen LogP contribution in [0, 0.1) is 5.92 Å². The van der Waals surface area contributed by atoms with Gasteiger partial charge in [0.15, 0.2) is 0 Å². The monoisotopic (exact) mass is 301 g/mol. The molecule has 1 aromatic carbocycles. The van der Waals surface area contributed by atoms with Gasteiger partial charge in [0.1, 0.15) is 11.9 Å². The molecule has 0 radical (unpaired) electrons. The molecule has 1 aliphatic heterocycles. The largest absolute Gasteiger partial charge is 0.485 e. The summed E-state index contributed by atoms with van der Waals surface area (Å²) in [5.41, 5.74) is 10.2. The van der Waals surface area contributed by atoms with Crippen LogP contribution in [-0.2, 0) is 4.79 Å². The van der Waals surface area contributed by atoms with Crippen molar-refractivity contribution in [1.29, 1.82) is 0 Å². The third kappa shape index (κ3) is 4.18. The number of benzene rings is 1. The smallest absolute Gasteiger partial charge is 0.256 e. The van der Waals surface area contributed by atoms with E-state index in [0.29, 0.717) is 12.3 Å². The Labute approximate surface area is 131 Å². The van der Waals surface area contributed by atoms with Crippen LogP contribution in [0.1, 0.15) is 32.8 Å². The fourth-order valence-electron chi connectivity index (χ4n) is 2.27. The molecule has 0 saturated carbocycles. The number of nitrogens with zero attached hydrogens (tertiary/aromatic N) is 1. The van der Waals surface area contributed by atoms with Crippen LogP contribution in [0.25, 0.3) is 6.08 Å². The maximum Gasteiger partial charge on any atom is 0.256 e. The van der Waals surface area contributed by atoms with E-state index < -0.39 is 6.04 Å². The second-order valence-corrected chi connectivity index (χ2v) is 5.91. The maximum atomic E-state index is 11.8. The minimum absolute atomic E-state index is 0.111. The van der Waals surface area contributed by atoms with Crippen LogP contribution in [-0.4, -0.2) is 24.3 Å². The fourth-order valence-corrected chi connectivity index (χ4v) is 2.27. The highest BCUT2D eigenvalue weighted by Gasteiger charge is 2.17. The first-order valence-corrected chi connectivity index (χ1v) is 7.53. The highest BCUT2D eigenvalue weighted by molar-refractivity contribution is 5.90. The van der Waals surface area contributed by atoms with E-state index in [2.05, 4.69) is 10.5 Å². The Hall–Kier alpha value is -2.14. The zero-order chi connectivity index (χ0) is 16.1. The number of fused-ring (bicyclic) bond motifs is 1. The molecule has 1 aromatic rings. The number of nitrogens with two attached hydrogens (primary N) is 1. The van der Waals surface area contributed by atoms with Gasteiger partial charge in [-0.05, 0) is 31.4 Å². The van der Waals surface area contributed by atoms with E-state index in [4.69, 9.17) is 10.5 Å². The molecule has 2 atom stereocenters. The lowest BCUT2D eigenvalue weighted by Crippen LogP contribution is -2.39. The minimum atomic E-state index is -0.535. The highest BCUT2D eigenvalue weighted by atomic mass is 16.5. The van der Waals surface area contributed by atoms with E-state index in [0.717, 1.165) is 16.9 Å². The van der Waals surface area contributed by atoms with Crippen molar-refractivity contribution in [1.82, 2.24) is 5.43 Å². The third-order valence-electron chi connectivity index (χ3n) is 3.46. The third-order valence-corrected chi connectivity index (χ3v) is 3.46. The molecular formula is C17H23N3O2. The van der Waals surface area contributed by atoms with E-state index in [-0.39, 0.29) is 12.0 Å². The number of hydrazone groups is 1. The average Bonchev–Trinajstić information content (AvgIpc) is 2.46. The topological polar surface area (TPSA) is 76.7 Å². The minimum Gasteiger partial charge on any atom is -0.485 e. The highest BCUT2D eigenvalue weighted by Crippen LogP contribution is 2.28. The number of nitrogens with one attached hydrogen (secondary N) is 1. The van der Waals surface area contributed by atoms with Crippen LogP contribution in [0.5, 0.6) is 5.75 Å². The van der Waals surface area contributed by atoms with Gasteiger partial charge in [-0.15, -0.1) is 0 Å². The average molecular weight is 301 g/mol. The molecule has 5 heteroatoms. The van der Waals surface area contributed by atoms with E-state index in [1.165, 1.54) is 0 Å². The van der Waals surface area contributed by atoms with Crippen molar-refractivity contribution in [2.45, 2.75) is 39.3 Å². The lowest BCUT2D eigenvalue weighted by molar-refractivity contribution is -0.122. The predicted molar refractivity (Wildman–Crippen MR) is 88.6 cm³/mol. The first kappa shape index (κ1) is 16.2. The maximum absolute atomic E-state index is 11.8.